The van der Waals surface area contributed by atoms with Crippen LogP contribution in [0.2, 0.25) is 0 Å². The molecular weight excluding hydrogens is 312 g/mol. The highest BCUT2D eigenvalue weighted by molar-refractivity contribution is 5.97. The molecule has 0 spiro atoms. The van der Waals surface area contributed by atoms with Gasteiger partial charge in [-0.2, -0.15) is 0 Å². The quantitative estimate of drug-likeness (QED) is 0.653. The minimum Gasteiger partial charge on any atom is -0.378 e. The molecule has 0 saturated carbocycles. The summed E-state index contributed by atoms with van der Waals surface area (Å²) in [6.45, 7) is 0.272. The third-order valence-electron chi connectivity index (χ3n) is 3.67. The molecule has 0 saturated heterocycles. The van der Waals surface area contributed by atoms with E-state index in [0.717, 1.165) is 11.3 Å². The summed E-state index contributed by atoms with van der Waals surface area (Å²) >= 11 is 0. The van der Waals surface area contributed by atoms with Crippen LogP contribution in [0.25, 0.3) is 0 Å². The van der Waals surface area contributed by atoms with Gasteiger partial charge in [0.2, 0.25) is 5.91 Å². The van der Waals surface area contributed by atoms with E-state index in [2.05, 4.69) is 17.2 Å². The van der Waals surface area contributed by atoms with Gasteiger partial charge in [0.15, 0.2) is 5.78 Å². The van der Waals surface area contributed by atoms with Gasteiger partial charge in [0, 0.05) is 43.8 Å². The third-order valence-corrected chi connectivity index (χ3v) is 3.67. The van der Waals surface area contributed by atoms with E-state index in [0.29, 0.717) is 5.56 Å². The minimum absolute atomic E-state index is 0.0252. The van der Waals surface area contributed by atoms with Gasteiger partial charge in [0.05, 0.1) is 6.54 Å². The second-order valence-electron chi connectivity index (χ2n) is 5.81. The summed E-state index contributed by atoms with van der Waals surface area (Å²) in [6.07, 6.45) is 0.377. The van der Waals surface area contributed by atoms with Crippen LogP contribution >= 0.6 is 0 Å². The lowest BCUT2D eigenvalue weighted by molar-refractivity contribution is -0.120. The van der Waals surface area contributed by atoms with Crippen LogP contribution in [0.15, 0.2) is 54.6 Å². The van der Waals surface area contributed by atoms with Crippen LogP contribution < -0.4 is 10.2 Å². The number of hydrogen-bond donors (Lipinski definition) is 1. The van der Waals surface area contributed by atoms with Crippen molar-refractivity contribution < 1.29 is 9.59 Å². The van der Waals surface area contributed by atoms with E-state index in [9.17, 15) is 9.59 Å². The maximum Gasteiger partial charge on any atom is 0.221 e. The van der Waals surface area contributed by atoms with Crippen molar-refractivity contribution in [3.8, 4) is 11.8 Å². The molecule has 128 valence electrons. The monoisotopic (exact) mass is 334 g/mol. The number of benzene rings is 2. The maximum absolute atomic E-state index is 11.9. The molecule has 0 aliphatic carbocycles. The molecule has 0 atom stereocenters. The molecule has 0 aromatic heterocycles. The van der Waals surface area contributed by atoms with Crippen molar-refractivity contribution in [1.82, 2.24) is 5.32 Å². The fraction of sp³-hybridized carbons (Fsp3) is 0.238. The number of rotatable bonds is 6. The van der Waals surface area contributed by atoms with Crippen molar-refractivity contribution in [2.75, 3.05) is 25.5 Å². The van der Waals surface area contributed by atoms with E-state index in [1.807, 2.05) is 61.5 Å². The van der Waals surface area contributed by atoms with Crippen molar-refractivity contribution in [2.24, 2.45) is 0 Å². The highest BCUT2D eigenvalue weighted by Crippen LogP contribution is 2.11. The van der Waals surface area contributed by atoms with Crippen molar-refractivity contribution in [3.63, 3.8) is 0 Å². The molecule has 2 aromatic rings. The Bertz CT molecular complexity index is 769. The molecule has 4 nitrogen and oxygen atoms in total. The molecule has 0 bridgehead atoms. The highest BCUT2D eigenvalue weighted by Gasteiger charge is 2.08. The normalized spacial score (nSPS) is 9.68. The van der Waals surface area contributed by atoms with Crippen molar-refractivity contribution >= 4 is 17.4 Å². The zero-order chi connectivity index (χ0) is 18.1. The average molecular weight is 334 g/mol. The summed E-state index contributed by atoms with van der Waals surface area (Å²) in [5.74, 6) is 5.74. The Morgan fingerprint density at radius 1 is 0.960 bits per heavy atom. The topological polar surface area (TPSA) is 49.4 Å². The van der Waals surface area contributed by atoms with Gasteiger partial charge in [-0.05, 0) is 24.3 Å². The summed E-state index contributed by atoms with van der Waals surface area (Å²) in [7, 11) is 3.97. The third kappa shape index (κ3) is 6.15. The molecule has 0 aliphatic rings. The van der Waals surface area contributed by atoms with Crippen LogP contribution in [0.5, 0.6) is 0 Å². The zero-order valence-electron chi connectivity index (χ0n) is 14.6. The molecular formula is C21H22N2O2. The Hall–Kier alpha value is -3.06. The van der Waals surface area contributed by atoms with Gasteiger partial charge < -0.3 is 10.2 Å². The van der Waals surface area contributed by atoms with Gasteiger partial charge in [-0.15, -0.1) is 0 Å². The number of nitrogens with zero attached hydrogens (tertiary/aromatic N) is 1. The first-order valence-electron chi connectivity index (χ1n) is 8.17. The molecule has 0 unspecified atom stereocenters. The van der Waals surface area contributed by atoms with Gasteiger partial charge in [-0.1, -0.05) is 42.2 Å². The minimum atomic E-state index is -0.165. The van der Waals surface area contributed by atoms with Crippen LogP contribution in [0, 0.1) is 11.8 Å². The second kappa shape index (κ2) is 9.29. The van der Waals surface area contributed by atoms with Crippen LogP contribution in [-0.2, 0) is 4.79 Å². The van der Waals surface area contributed by atoms with Crippen molar-refractivity contribution in [2.45, 2.75) is 12.8 Å². The van der Waals surface area contributed by atoms with Gasteiger partial charge in [0.1, 0.15) is 0 Å². The van der Waals surface area contributed by atoms with Crippen LogP contribution in [0.3, 0.4) is 0 Å². The van der Waals surface area contributed by atoms with E-state index < -0.39 is 0 Å². The Morgan fingerprint density at radius 3 is 2.28 bits per heavy atom. The molecule has 0 heterocycles. The van der Waals surface area contributed by atoms with Gasteiger partial charge in [0.25, 0.3) is 0 Å². The van der Waals surface area contributed by atoms with Gasteiger partial charge in [-0.25, -0.2) is 0 Å². The number of ketones is 1. The van der Waals surface area contributed by atoms with E-state index in [4.69, 9.17) is 0 Å². The molecule has 0 radical (unpaired) electrons. The number of carbonyl (C=O) groups is 2. The van der Waals surface area contributed by atoms with Crippen LogP contribution in [-0.4, -0.2) is 32.3 Å². The fourth-order valence-electron chi connectivity index (χ4n) is 2.22. The Morgan fingerprint density at radius 2 is 1.64 bits per heavy atom. The Balaban J connectivity index is 1.73. The van der Waals surface area contributed by atoms with Gasteiger partial charge >= 0.3 is 0 Å². The van der Waals surface area contributed by atoms with E-state index in [1.54, 1.807) is 12.1 Å². The van der Waals surface area contributed by atoms with E-state index in [1.165, 1.54) is 0 Å². The smallest absolute Gasteiger partial charge is 0.221 e. The maximum atomic E-state index is 11.9. The lowest BCUT2D eigenvalue weighted by Crippen LogP contribution is -2.24. The fourth-order valence-corrected chi connectivity index (χ4v) is 2.22. The second-order valence-corrected chi connectivity index (χ2v) is 5.81. The standard InChI is InChI=1S/C21H22N2O2/c1-23(2)19-12-10-17(11-13-19)7-6-16-22-21(25)15-14-20(24)18-8-4-3-5-9-18/h3-5,8-13H,14-16H2,1-2H3,(H,22,25). The number of Topliss-reactive ketones (excluding diaryl/α,β-unsaturated/α-hetero) is 1. The Labute approximate surface area is 148 Å². The average Bonchev–Trinajstić information content (AvgIpc) is 2.64. The number of hydrogen-bond acceptors (Lipinski definition) is 3. The number of carbonyl (C=O) groups excluding carboxylic acids is 2. The largest absolute Gasteiger partial charge is 0.378 e. The summed E-state index contributed by atoms with van der Waals surface area (Å²) in [5.41, 5.74) is 2.65. The number of anilines is 1. The predicted molar refractivity (Wildman–Crippen MR) is 101 cm³/mol. The van der Waals surface area contributed by atoms with E-state index in [-0.39, 0.29) is 31.1 Å². The molecule has 25 heavy (non-hydrogen) atoms. The van der Waals surface area contributed by atoms with Gasteiger partial charge in [-0.3, -0.25) is 9.59 Å². The van der Waals surface area contributed by atoms with Crippen molar-refractivity contribution in [3.05, 3.63) is 65.7 Å². The van der Waals surface area contributed by atoms with Crippen LogP contribution in [0.1, 0.15) is 28.8 Å². The molecule has 2 rings (SSSR count). The molecule has 0 aliphatic heterocycles. The molecule has 4 heteroatoms. The number of amides is 1. The van der Waals surface area contributed by atoms with E-state index >= 15 is 0 Å². The summed E-state index contributed by atoms with van der Waals surface area (Å²) in [6, 6.07) is 16.9. The highest BCUT2D eigenvalue weighted by atomic mass is 16.2. The lowest BCUT2D eigenvalue weighted by atomic mass is 10.1. The zero-order valence-corrected chi connectivity index (χ0v) is 14.6. The predicted octanol–water partition coefficient (Wildman–Crippen LogP) is 2.88. The Kier molecular flexibility index (Phi) is 6.79. The first-order valence-corrected chi connectivity index (χ1v) is 8.17. The summed E-state index contributed by atoms with van der Waals surface area (Å²) < 4.78 is 0. The van der Waals surface area contributed by atoms with Crippen LogP contribution in [0.4, 0.5) is 5.69 Å². The summed E-state index contributed by atoms with van der Waals surface area (Å²) in [4.78, 5) is 25.7. The lowest BCUT2D eigenvalue weighted by Gasteiger charge is -2.11. The molecule has 0 fully saturated rings. The SMILES string of the molecule is CN(C)c1ccc(C#CCNC(=O)CCC(=O)c2ccccc2)cc1. The summed E-state index contributed by atoms with van der Waals surface area (Å²) in [5, 5.41) is 2.72. The molecule has 2 aromatic carbocycles. The molecule has 1 amide bonds. The first-order chi connectivity index (χ1) is 12.1. The number of nitrogens with one attached hydrogen (secondary N) is 1. The molecule has 1 N–H and O–H groups in total. The first kappa shape index (κ1) is 18.3. The van der Waals surface area contributed by atoms with Crippen molar-refractivity contribution in [1.29, 1.82) is 0 Å².